The molecule has 13 heteroatoms. The average Bonchev–Trinajstić information content (AvgIpc) is 2.88. The zero-order valence-corrected chi connectivity index (χ0v) is 25.4. The number of nitrogens with one attached hydrogen (secondary N) is 1. The molecule has 0 bridgehead atoms. The summed E-state index contributed by atoms with van der Waals surface area (Å²) in [5.41, 5.74) is 0.189. The van der Waals surface area contributed by atoms with Gasteiger partial charge in [0.05, 0.1) is 23.5 Å². The van der Waals surface area contributed by atoms with Crippen LogP contribution in [0.2, 0.25) is 10.0 Å². The first kappa shape index (κ1) is 30.8. The number of ether oxygens (including phenoxy) is 1. The molecule has 4 aromatic carbocycles. The van der Waals surface area contributed by atoms with Crippen molar-refractivity contribution in [1.29, 1.82) is 0 Å². The first-order chi connectivity index (χ1) is 18.0. The molecule has 4 aromatic rings. The van der Waals surface area contributed by atoms with Gasteiger partial charge in [-0.05, 0) is 47.7 Å². The standard InChI is InChI=1S/C26H21Cl2N3O6S.Na/c1-3-14-11-22(23(13-19(14)27)38(34,35)36)30-31-24-17-7-5-4-6-15(17)10-18(25(24)32)26(33)29-21-9-8-16(37-2)12-20(21)28;/h4-13,32H,3H2,1-2H3,(H,29,33)(H,34,35,36);/q;+1/p-1. The van der Waals surface area contributed by atoms with E-state index in [9.17, 15) is 22.9 Å². The molecule has 0 unspecified atom stereocenters. The number of fused-ring (bicyclic) bond motifs is 1. The molecular weight excluding hydrogens is 576 g/mol. The van der Waals surface area contributed by atoms with Gasteiger partial charge in [0.15, 0.2) is 0 Å². The van der Waals surface area contributed by atoms with E-state index >= 15 is 0 Å². The molecule has 0 spiro atoms. The Morgan fingerprint density at radius 2 is 1.77 bits per heavy atom. The van der Waals surface area contributed by atoms with Gasteiger partial charge in [-0.25, -0.2) is 0 Å². The maximum atomic E-state index is 13.4. The fourth-order valence-corrected chi connectivity index (χ4v) is 4.95. The van der Waals surface area contributed by atoms with E-state index in [-0.39, 0.29) is 62.2 Å². The van der Waals surface area contributed by atoms with E-state index in [1.165, 1.54) is 31.4 Å². The molecule has 2 N–H and O–H groups in total. The van der Waals surface area contributed by atoms with Crippen LogP contribution in [0, 0.1) is 0 Å². The maximum Gasteiger partial charge on any atom is 1.00 e. The average molecular weight is 596 g/mol. The second-order valence-corrected chi connectivity index (χ2v) is 10.3. The molecule has 0 aliphatic heterocycles. The Kier molecular flexibility index (Phi) is 10.0. The van der Waals surface area contributed by atoms with Gasteiger partial charge in [0.2, 0.25) is 0 Å². The van der Waals surface area contributed by atoms with Crippen molar-refractivity contribution in [2.45, 2.75) is 18.2 Å². The summed E-state index contributed by atoms with van der Waals surface area (Å²) in [6.45, 7) is 1.80. The minimum atomic E-state index is -4.71. The third-order valence-corrected chi connectivity index (χ3v) is 7.24. The first-order valence-corrected chi connectivity index (χ1v) is 13.3. The van der Waals surface area contributed by atoms with E-state index in [4.69, 9.17) is 27.9 Å². The van der Waals surface area contributed by atoms with Gasteiger partial charge in [0.1, 0.15) is 16.3 Å². The second kappa shape index (κ2) is 12.6. The zero-order chi connectivity index (χ0) is 27.6. The minimum Gasteiger partial charge on any atom is -0.870 e. The van der Waals surface area contributed by atoms with Crippen LogP contribution in [-0.4, -0.2) is 26.0 Å². The van der Waals surface area contributed by atoms with Crippen molar-refractivity contribution in [2.24, 2.45) is 10.2 Å². The topological polar surface area (TPSA) is 140 Å². The molecule has 0 fully saturated rings. The molecule has 0 radical (unpaired) electrons. The van der Waals surface area contributed by atoms with E-state index in [1.807, 2.05) is 0 Å². The van der Waals surface area contributed by atoms with Crippen LogP contribution in [0.4, 0.5) is 17.1 Å². The summed E-state index contributed by atoms with van der Waals surface area (Å²) >= 11 is 12.3. The zero-order valence-electron chi connectivity index (χ0n) is 21.0. The Morgan fingerprint density at radius 3 is 2.41 bits per heavy atom. The SMILES string of the molecule is CCc1cc(N=Nc2c([O-])c(C(=O)Nc3ccc(OC)cc3Cl)cc3ccccc23)c(S(=O)(=O)O)cc1Cl.[Na+]. The van der Waals surface area contributed by atoms with E-state index in [0.717, 1.165) is 6.07 Å². The van der Waals surface area contributed by atoms with Crippen LogP contribution in [0.25, 0.3) is 10.8 Å². The predicted octanol–water partition coefficient (Wildman–Crippen LogP) is 3.71. The molecule has 1 amide bonds. The fraction of sp³-hybridized carbons (Fsp3) is 0.115. The Labute approximate surface area is 256 Å². The fourth-order valence-electron chi connectivity index (χ4n) is 3.74. The molecule has 0 atom stereocenters. The second-order valence-electron chi connectivity index (χ2n) is 8.06. The van der Waals surface area contributed by atoms with Gasteiger partial charge in [-0.3, -0.25) is 9.35 Å². The number of carbonyl (C=O) groups is 1. The number of hydrogen-bond acceptors (Lipinski definition) is 7. The molecule has 0 saturated carbocycles. The number of methoxy groups -OCH3 is 1. The summed E-state index contributed by atoms with van der Waals surface area (Å²) in [5, 5.41) is 25.3. The Morgan fingerprint density at radius 1 is 1.05 bits per heavy atom. The van der Waals surface area contributed by atoms with E-state index < -0.39 is 26.7 Å². The van der Waals surface area contributed by atoms with Gasteiger partial charge in [0.25, 0.3) is 16.0 Å². The van der Waals surface area contributed by atoms with Crippen molar-refractivity contribution in [1.82, 2.24) is 0 Å². The molecular formula is C26H20Cl2N3NaO6S. The van der Waals surface area contributed by atoms with Crippen LogP contribution >= 0.6 is 23.2 Å². The number of halogens is 2. The maximum absolute atomic E-state index is 13.4. The monoisotopic (exact) mass is 595 g/mol. The number of anilines is 1. The summed E-state index contributed by atoms with van der Waals surface area (Å²) < 4.78 is 38.7. The molecule has 0 aromatic heterocycles. The molecule has 0 aliphatic carbocycles. The van der Waals surface area contributed by atoms with Crippen molar-refractivity contribution in [2.75, 3.05) is 12.4 Å². The van der Waals surface area contributed by atoms with Gasteiger partial charge in [-0.15, -0.1) is 5.11 Å². The Hall–Kier alpha value is -2.70. The molecule has 0 heterocycles. The number of rotatable bonds is 7. The first-order valence-electron chi connectivity index (χ1n) is 11.1. The van der Waals surface area contributed by atoms with Gasteiger partial charge < -0.3 is 15.2 Å². The van der Waals surface area contributed by atoms with E-state index in [0.29, 0.717) is 28.5 Å². The van der Waals surface area contributed by atoms with Gasteiger partial charge >= 0.3 is 29.6 Å². The van der Waals surface area contributed by atoms with Gasteiger partial charge in [-0.2, -0.15) is 13.5 Å². The number of benzene rings is 4. The minimum absolute atomic E-state index is 0. The van der Waals surface area contributed by atoms with Crippen molar-refractivity contribution in [3.8, 4) is 11.5 Å². The smallest absolute Gasteiger partial charge is 0.870 e. The summed E-state index contributed by atoms with van der Waals surface area (Å²) in [6.07, 6.45) is 0.451. The Bertz CT molecular complexity index is 1710. The van der Waals surface area contributed by atoms with Crippen molar-refractivity contribution >= 4 is 67.1 Å². The number of amides is 1. The van der Waals surface area contributed by atoms with Gasteiger partial charge in [0, 0.05) is 22.0 Å². The predicted molar refractivity (Wildman–Crippen MR) is 144 cm³/mol. The van der Waals surface area contributed by atoms with Crippen LogP contribution < -0.4 is 44.7 Å². The molecule has 9 nitrogen and oxygen atoms in total. The number of carbonyl (C=O) groups excluding carboxylic acids is 1. The summed E-state index contributed by atoms with van der Waals surface area (Å²) in [4.78, 5) is 12.6. The number of aryl methyl sites for hydroxylation is 1. The van der Waals surface area contributed by atoms with Crippen molar-refractivity contribution < 1.29 is 57.2 Å². The molecule has 196 valence electrons. The molecule has 0 saturated heterocycles. The summed E-state index contributed by atoms with van der Waals surface area (Å²) in [6, 6.07) is 15.2. The van der Waals surface area contributed by atoms with Gasteiger partial charge in [-0.1, -0.05) is 60.1 Å². The third-order valence-electron chi connectivity index (χ3n) is 5.69. The Balaban J connectivity index is 0.00000420. The molecule has 39 heavy (non-hydrogen) atoms. The largest absolute Gasteiger partial charge is 1.00 e. The summed E-state index contributed by atoms with van der Waals surface area (Å²) in [7, 11) is -3.23. The third kappa shape index (κ3) is 6.72. The van der Waals surface area contributed by atoms with Crippen LogP contribution in [0.3, 0.4) is 0 Å². The summed E-state index contributed by atoms with van der Waals surface area (Å²) in [5.74, 6) is -0.987. The van der Waals surface area contributed by atoms with Crippen LogP contribution in [-0.2, 0) is 16.5 Å². The molecule has 4 rings (SSSR count). The molecule has 0 aliphatic rings. The van der Waals surface area contributed by atoms with Crippen molar-refractivity contribution in [3.05, 3.63) is 81.8 Å². The number of nitrogens with zero attached hydrogens (tertiary/aromatic N) is 2. The van der Waals surface area contributed by atoms with Crippen LogP contribution in [0.5, 0.6) is 11.5 Å². The van der Waals surface area contributed by atoms with E-state index in [2.05, 4.69) is 15.5 Å². The number of azo groups is 1. The van der Waals surface area contributed by atoms with E-state index in [1.54, 1.807) is 37.3 Å². The van der Waals surface area contributed by atoms with Crippen LogP contribution in [0.15, 0.2) is 75.8 Å². The quantitative estimate of drug-likeness (QED) is 0.189. The number of hydrogen-bond donors (Lipinski definition) is 2. The van der Waals surface area contributed by atoms with Crippen LogP contribution in [0.1, 0.15) is 22.8 Å². The van der Waals surface area contributed by atoms with Crippen molar-refractivity contribution in [3.63, 3.8) is 0 Å². The normalized spacial score (nSPS) is 11.4.